The Labute approximate surface area is 178 Å². The van der Waals surface area contributed by atoms with E-state index >= 15 is 0 Å². The van der Waals surface area contributed by atoms with Gasteiger partial charge in [-0.05, 0) is 17.7 Å². The van der Waals surface area contributed by atoms with Crippen molar-refractivity contribution >= 4 is 50.5 Å². The highest BCUT2D eigenvalue weighted by Crippen LogP contribution is 2.32. The Hall–Kier alpha value is -1.77. The van der Waals surface area contributed by atoms with E-state index in [9.17, 15) is 8.42 Å². The van der Waals surface area contributed by atoms with Gasteiger partial charge in [0, 0.05) is 6.20 Å². The van der Waals surface area contributed by atoms with Gasteiger partial charge in [0.1, 0.15) is 4.90 Å². The average Bonchev–Trinajstić information content (AvgIpc) is 3.09. The molecule has 0 amide bonds. The van der Waals surface area contributed by atoms with Crippen LogP contribution in [0, 0.1) is 0 Å². The molecule has 10 heteroatoms. The van der Waals surface area contributed by atoms with Gasteiger partial charge in [0.25, 0.3) is 10.0 Å². The predicted molar refractivity (Wildman–Crippen MR) is 111 cm³/mol. The Morgan fingerprint density at radius 1 is 1.04 bits per heavy atom. The van der Waals surface area contributed by atoms with E-state index in [-0.39, 0.29) is 20.0 Å². The minimum atomic E-state index is -3.94. The maximum atomic E-state index is 12.6. The van der Waals surface area contributed by atoms with E-state index in [0.29, 0.717) is 25.4 Å². The van der Waals surface area contributed by atoms with Crippen molar-refractivity contribution in [3.8, 4) is 0 Å². The highest BCUT2D eigenvalue weighted by Gasteiger charge is 2.20. The monoisotopic (exact) mass is 459 g/mol. The van der Waals surface area contributed by atoms with Gasteiger partial charge in [-0.15, -0.1) is 0 Å². The van der Waals surface area contributed by atoms with E-state index in [2.05, 4.69) is 9.82 Å². The molecule has 0 saturated heterocycles. The minimum absolute atomic E-state index is 0.0244. The SMILES string of the molecule is O=S(=O)(Nc1cnn(CCOCc2ccccc2)c1)c1cc(Cl)c(Cl)cc1Cl. The second kappa shape index (κ2) is 9.15. The average molecular weight is 461 g/mol. The van der Waals surface area contributed by atoms with E-state index in [1.807, 2.05) is 30.3 Å². The van der Waals surface area contributed by atoms with Crippen LogP contribution < -0.4 is 4.72 Å². The maximum Gasteiger partial charge on any atom is 0.263 e. The summed E-state index contributed by atoms with van der Waals surface area (Å²) in [6.45, 7) is 1.40. The zero-order chi connectivity index (χ0) is 20.1. The summed E-state index contributed by atoms with van der Waals surface area (Å²) in [6.07, 6.45) is 2.97. The van der Waals surface area contributed by atoms with Crippen molar-refractivity contribution in [3.05, 3.63) is 75.5 Å². The third-order valence-electron chi connectivity index (χ3n) is 3.73. The molecule has 6 nitrogen and oxygen atoms in total. The lowest BCUT2D eigenvalue weighted by molar-refractivity contribution is 0.111. The quantitative estimate of drug-likeness (QED) is 0.385. The van der Waals surface area contributed by atoms with Crippen molar-refractivity contribution in [3.63, 3.8) is 0 Å². The summed E-state index contributed by atoms with van der Waals surface area (Å²) in [5.74, 6) is 0. The van der Waals surface area contributed by atoms with Crippen molar-refractivity contribution in [2.75, 3.05) is 11.3 Å². The predicted octanol–water partition coefficient (Wildman–Crippen LogP) is 4.86. The molecule has 0 unspecified atom stereocenters. The molecular weight excluding hydrogens is 445 g/mol. The van der Waals surface area contributed by atoms with Gasteiger partial charge in [-0.3, -0.25) is 9.40 Å². The maximum absolute atomic E-state index is 12.6. The number of sulfonamides is 1. The van der Waals surface area contributed by atoms with Crippen molar-refractivity contribution in [2.45, 2.75) is 18.0 Å². The molecule has 0 aliphatic carbocycles. The lowest BCUT2D eigenvalue weighted by Crippen LogP contribution is -2.13. The standard InChI is InChI=1S/C18H16Cl3N3O3S/c19-15-8-17(21)18(9-16(15)20)28(25,26)23-14-10-22-24(11-14)6-7-27-12-13-4-2-1-3-5-13/h1-5,8-11,23H,6-7,12H2. The summed E-state index contributed by atoms with van der Waals surface area (Å²) in [7, 11) is -3.94. The van der Waals surface area contributed by atoms with Gasteiger partial charge in [0.2, 0.25) is 0 Å². The largest absolute Gasteiger partial charge is 0.375 e. The van der Waals surface area contributed by atoms with Crippen molar-refractivity contribution in [1.29, 1.82) is 0 Å². The van der Waals surface area contributed by atoms with E-state index in [4.69, 9.17) is 39.5 Å². The minimum Gasteiger partial charge on any atom is -0.375 e. The molecule has 1 heterocycles. The smallest absolute Gasteiger partial charge is 0.263 e. The Balaban J connectivity index is 1.58. The molecule has 0 saturated carbocycles. The van der Waals surface area contributed by atoms with Crippen LogP contribution in [0.25, 0.3) is 0 Å². The molecule has 0 spiro atoms. The first kappa shape index (κ1) is 21.0. The zero-order valence-corrected chi connectivity index (χ0v) is 17.6. The van der Waals surface area contributed by atoms with Crippen LogP contribution in [0.3, 0.4) is 0 Å². The molecule has 0 radical (unpaired) electrons. The highest BCUT2D eigenvalue weighted by atomic mass is 35.5. The Morgan fingerprint density at radius 2 is 1.75 bits per heavy atom. The second-order valence-corrected chi connectivity index (χ2v) is 8.70. The normalized spacial score (nSPS) is 11.5. The molecule has 0 aliphatic rings. The van der Waals surface area contributed by atoms with Crippen LogP contribution in [0.5, 0.6) is 0 Å². The number of hydrogen-bond acceptors (Lipinski definition) is 4. The Morgan fingerprint density at radius 3 is 2.50 bits per heavy atom. The van der Waals surface area contributed by atoms with Gasteiger partial charge >= 0.3 is 0 Å². The number of ether oxygens (including phenoxy) is 1. The molecule has 0 bridgehead atoms. The van der Waals surface area contributed by atoms with Crippen LogP contribution in [0.1, 0.15) is 5.56 Å². The van der Waals surface area contributed by atoms with Crippen molar-refractivity contribution in [1.82, 2.24) is 9.78 Å². The fourth-order valence-corrected chi connectivity index (χ4v) is 4.41. The number of halogens is 3. The van der Waals surface area contributed by atoms with Gasteiger partial charge < -0.3 is 4.74 Å². The molecular formula is C18H16Cl3N3O3S. The number of nitrogens with one attached hydrogen (secondary N) is 1. The molecule has 148 valence electrons. The van der Waals surface area contributed by atoms with Crippen LogP contribution in [-0.4, -0.2) is 24.8 Å². The third-order valence-corrected chi connectivity index (χ3v) is 6.29. The first-order valence-electron chi connectivity index (χ1n) is 8.16. The summed E-state index contributed by atoms with van der Waals surface area (Å²) < 4.78 is 34.7. The molecule has 1 N–H and O–H groups in total. The fourth-order valence-electron chi connectivity index (χ4n) is 2.38. The molecule has 0 atom stereocenters. The highest BCUT2D eigenvalue weighted by molar-refractivity contribution is 7.92. The molecule has 28 heavy (non-hydrogen) atoms. The van der Waals surface area contributed by atoms with Gasteiger partial charge in [0.05, 0.1) is 46.7 Å². The van der Waals surface area contributed by atoms with Crippen LogP contribution >= 0.6 is 34.8 Å². The molecule has 2 aromatic carbocycles. The summed E-state index contributed by atoms with van der Waals surface area (Å²) in [4.78, 5) is -0.164. The van der Waals surface area contributed by atoms with Crippen molar-refractivity contribution < 1.29 is 13.2 Å². The molecule has 1 aromatic heterocycles. The molecule has 0 fully saturated rings. The first-order chi connectivity index (χ1) is 13.3. The van der Waals surface area contributed by atoms with Gasteiger partial charge in [-0.25, -0.2) is 8.42 Å². The fraction of sp³-hybridized carbons (Fsp3) is 0.167. The van der Waals surface area contributed by atoms with Gasteiger partial charge in [-0.2, -0.15) is 5.10 Å². The van der Waals surface area contributed by atoms with Crippen LogP contribution in [0.15, 0.2) is 59.8 Å². The Kier molecular flexibility index (Phi) is 6.85. The summed E-state index contributed by atoms with van der Waals surface area (Å²) in [5, 5.41) is 4.37. The second-order valence-electron chi connectivity index (χ2n) is 5.83. The van der Waals surface area contributed by atoms with E-state index in [1.165, 1.54) is 18.3 Å². The summed E-state index contributed by atoms with van der Waals surface area (Å²) >= 11 is 17.7. The lowest BCUT2D eigenvalue weighted by Gasteiger charge is -2.09. The molecule has 3 aromatic rings. The van der Waals surface area contributed by atoms with Crippen molar-refractivity contribution in [2.24, 2.45) is 0 Å². The van der Waals surface area contributed by atoms with Crippen LogP contribution in [-0.2, 0) is 27.9 Å². The number of hydrogen-bond donors (Lipinski definition) is 1. The first-order valence-corrected chi connectivity index (χ1v) is 10.8. The van der Waals surface area contributed by atoms with E-state index in [1.54, 1.807) is 10.9 Å². The van der Waals surface area contributed by atoms with Gasteiger partial charge in [-0.1, -0.05) is 65.1 Å². The topological polar surface area (TPSA) is 73.2 Å². The number of anilines is 1. The number of aromatic nitrogens is 2. The number of rotatable bonds is 8. The van der Waals surface area contributed by atoms with E-state index in [0.717, 1.165) is 5.56 Å². The lowest BCUT2D eigenvalue weighted by atomic mass is 10.2. The zero-order valence-electron chi connectivity index (χ0n) is 14.5. The molecule has 3 rings (SSSR count). The molecule has 0 aliphatic heterocycles. The van der Waals surface area contributed by atoms with E-state index < -0.39 is 10.0 Å². The summed E-state index contributed by atoms with van der Waals surface area (Å²) in [5.41, 5.74) is 1.38. The number of benzene rings is 2. The third kappa shape index (κ3) is 5.40. The van der Waals surface area contributed by atoms with Gasteiger partial charge in [0.15, 0.2) is 0 Å². The Bertz CT molecular complexity index is 1060. The number of nitrogens with zero attached hydrogens (tertiary/aromatic N) is 2. The van der Waals surface area contributed by atoms with Crippen LogP contribution in [0.2, 0.25) is 15.1 Å². The summed E-state index contributed by atoms with van der Waals surface area (Å²) in [6, 6.07) is 12.3. The van der Waals surface area contributed by atoms with Crippen LogP contribution in [0.4, 0.5) is 5.69 Å².